The second-order valence-corrected chi connectivity index (χ2v) is 8.45. The summed E-state index contributed by atoms with van der Waals surface area (Å²) in [4.78, 5) is 26.2. The van der Waals surface area contributed by atoms with Crippen LogP contribution in [0.3, 0.4) is 0 Å². The molecular formula is C21H18BrClN2O2S. The van der Waals surface area contributed by atoms with E-state index in [0.717, 1.165) is 14.9 Å². The molecule has 1 unspecified atom stereocenters. The summed E-state index contributed by atoms with van der Waals surface area (Å²) in [6, 6.07) is 17.8. The summed E-state index contributed by atoms with van der Waals surface area (Å²) < 4.78 is 0.996. The molecule has 0 aliphatic rings. The Labute approximate surface area is 181 Å². The lowest BCUT2D eigenvalue weighted by Crippen LogP contribution is -2.33. The number of nitrogens with one attached hydrogen (secondary N) is 2. The Morgan fingerprint density at radius 2 is 1.79 bits per heavy atom. The zero-order chi connectivity index (χ0) is 19.9. The van der Waals surface area contributed by atoms with Gasteiger partial charge >= 0.3 is 0 Å². The lowest BCUT2D eigenvalue weighted by atomic mass is 10.0. The third-order valence-corrected chi connectivity index (χ3v) is 6.12. The number of carbonyl (C=O) groups is 2. The van der Waals surface area contributed by atoms with Crippen LogP contribution in [0.15, 0.2) is 70.5 Å². The van der Waals surface area contributed by atoms with Gasteiger partial charge in [0.1, 0.15) is 0 Å². The number of carbonyl (C=O) groups excluding carboxylic acids is 2. The maximum atomic E-state index is 12.7. The molecule has 0 radical (unpaired) electrons. The summed E-state index contributed by atoms with van der Waals surface area (Å²) >= 11 is 11.1. The average Bonchev–Trinajstić information content (AvgIpc) is 3.12. The summed E-state index contributed by atoms with van der Waals surface area (Å²) in [5.74, 6) is -0.452. The maximum Gasteiger partial charge on any atom is 0.253 e. The predicted molar refractivity (Wildman–Crippen MR) is 117 cm³/mol. The van der Waals surface area contributed by atoms with E-state index in [-0.39, 0.29) is 18.2 Å². The SMILES string of the molecule is O=C(CC(NC(=O)c1ccccc1Cl)c1ccccc1)NCc1cc(Br)cs1. The quantitative estimate of drug-likeness (QED) is 0.482. The standard InChI is InChI=1S/C21H18BrClN2O2S/c22-15-10-16(28-13-15)12-24-20(26)11-19(14-6-2-1-3-7-14)25-21(27)17-8-4-5-9-18(17)23/h1-10,13,19H,11-12H2,(H,24,26)(H,25,27). The van der Waals surface area contributed by atoms with Gasteiger partial charge in [-0.05, 0) is 39.7 Å². The predicted octanol–water partition coefficient (Wildman–Crippen LogP) is 5.34. The molecule has 1 aromatic heterocycles. The number of amides is 2. The average molecular weight is 478 g/mol. The van der Waals surface area contributed by atoms with E-state index in [1.165, 1.54) is 0 Å². The molecule has 0 fully saturated rings. The van der Waals surface area contributed by atoms with Crippen LogP contribution in [0.4, 0.5) is 0 Å². The van der Waals surface area contributed by atoms with Crippen molar-refractivity contribution in [3.8, 4) is 0 Å². The molecule has 3 rings (SSSR count). The fourth-order valence-electron chi connectivity index (χ4n) is 2.71. The van der Waals surface area contributed by atoms with E-state index < -0.39 is 6.04 Å². The number of benzene rings is 2. The van der Waals surface area contributed by atoms with E-state index >= 15 is 0 Å². The molecule has 0 aliphatic carbocycles. The molecule has 28 heavy (non-hydrogen) atoms. The molecule has 2 amide bonds. The Morgan fingerprint density at radius 3 is 2.46 bits per heavy atom. The van der Waals surface area contributed by atoms with Crippen LogP contribution in [0, 0.1) is 0 Å². The van der Waals surface area contributed by atoms with Gasteiger partial charge < -0.3 is 10.6 Å². The Kier molecular flexibility index (Phi) is 7.25. The largest absolute Gasteiger partial charge is 0.351 e. The van der Waals surface area contributed by atoms with E-state index in [9.17, 15) is 9.59 Å². The molecule has 0 spiro atoms. The number of hydrogen-bond acceptors (Lipinski definition) is 3. The minimum absolute atomic E-state index is 0.132. The molecule has 1 heterocycles. The van der Waals surface area contributed by atoms with E-state index in [4.69, 9.17) is 11.6 Å². The Hall–Kier alpha value is -2.15. The second kappa shape index (κ2) is 9.87. The minimum Gasteiger partial charge on any atom is -0.351 e. The van der Waals surface area contributed by atoms with Crippen LogP contribution < -0.4 is 10.6 Å². The normalized spacial score (nSPS) is 11.6. The van der Waals surface area contributed by atoms with Crippen LogP contribution in [0.1, 0.15) is 33.3 Å². The number of hydrogen-bond donors (Lipinski definition) is 2. The monoisotopic (exact) mass is 476 g/mol. The summed E-state index contributed by atoms with van der Waals surface area (Å²) in [7, 11) is 0. The van der Waals surface area contributed by atoms with Crippen molar-refractivity contribution in [3.05, 3.63) is 91.5 Å². The van der Waals surface area contributed by atoms with Crippen molar-refractivity contribution in [1.29, 1.82) is 0 Å². The van der Waals surface area contributed by atoms with E-state index in [1.54, 1.807) is 35.6 Å². The van der Waals surface area contributed by atoms with E-state index in [0.29, 0.717) is 17.1 Å². The zero-order valence-electron chi connectivity index (χ0n) is 14.8. The lowest BCUT2D eigenvalue weighted by Gasteiger charge is -2.19. The zero-order valence-corrected chi connectivity index (χ0v) is 18.0. The van der Waals surface area contributed by atoms with E-state index in [1.807, 2.05) is 41.8 Å². The first-order chi connectivity index (χ1) is 13.5. The molecule has 0 saturated carbocycles. The molecule has 0 bridgehead atoms. The van der Waals surface area contributed by atoms with Gasteiger partial charge in [0.05, 0.1) is 29.6 Å². The third-order valence-electron chi connectivity index (χ3n) is 4.10. The first-order valence-electron chi connectivity index (χ1n) is 8.63. The first-order valence-corrected chi connectivity index (χ1v) is 10.7. The molecule has 0 saturated heterocycles. The highest BCUT2D eigenvalue weighted by atomic mass is 79.9. The molecule has 144 valence electrons. The maximum absolute atomic E-state index is 12.7. The molecular weight excluding hydrogens is 460 g/mol. The second-order valence-electron chi connectivity index (χ2n) is 6.13. The summed E-state index contributed by atoms with van der Waals surface area (Å²) in [6.45, 7) is 0.453. The van der Waals surface area contributed by atoms with Crippen molar-refractivity contribution in [3.63, 3.8) is 0 Å². The minimum atomic E-state index is -0.458. The Morgan fingerprint density at radius 1 is 1.07 bits per heavy atom. The molecule has 2 aromatic carbocycles. The first kappa shape index (κ1) is 20.6. The molecule has 3 aromatic rings. The lowest BCUT2D eigenvalue weighted by molar-refractivity contribution is -0.121. The highest BCUT2D eigenvalue weighted by Gasteiger charge is 2.20. The molecule has 1 atom stereocenters. The third kappa shape index (κ3) is 5.67. The fraction of sp³-hybridized carbons (Fsp3) is 0.143. The molecule has 0 aliphatic heterocycles. The number of halogens is 2. The summed E-state index contributed by atoms with van der Waals surface area (Å²) in [5, 5.41) is 8.19. The van der Waals surface area contributed by atoms with Gasteiger partial charge in [-0.2, -0.15) is 0 Å². The summed E-state index contributed by atoms with van der Waals surface area (Å²) in [6.07, 6.45) is 0.132. The molecule has 4 nitrogen and oxygen atoms in total. The smallest absolute Gasteiger partial charge is 0.253 e. The van der Waals surface area contributed by atoms with Gasteiger partial charge in [-0.25, -0.2) is 0 Å². The van der Waals surface area contributed by atoms with Crippen LogP contribution in [0.25, 0.3) is 0 Å². The van der Waals surface area contributed by atoms with Gasteiger partial charge in [-0.3, -0.25) is 9.59 Å². The topological polar surface area (TPSA) is 58.2 Å². The van der Waals surface area contributed by atoms with Crippen LogP contribution >= 0.6 is 38.9 Å². The van der Waals surface area contributed by atoms with Crippen molar-refractivity contribution in [2.75, 3.05) is 0 Å². The Bertz CT molecular complexity index is 962. The van der Waals surface area contributed by atoms with Crippen molar-refractivity contribution < 1.29 is 9.59 Å². The highest BCUT2D eigenvalue weighted by molar-refractivity contribution is 9.10. The van der Waals surface area contributed by atoms with Crippen molar-refractivity contribution in [2.24, 2.45) is 0 Å². The van der Waals surface area contributed by atoms with Crippen molar-refractivity contribution >= 4 is 50.7 Å². The Balaban J connectivity index is 1.69. The van der Waals surface area contributed by atoms with Crippen LogP contribution in [0.5, 0.6) is 0 Å². The van der Waals surface area contributed by atoms with Gasteiger partial charge in [0, 0.05) is 14.7 Å². The van der Waals surface area contributed by atoms with Crippen molar-refractivity contribution in [2.45, 2.75) is 19.0 Å². The summed E-state index contributed by atoms with van der Waals surface area (Å²) in [5.41, 5.74) is 1.24. The van der Waals surface area contributed by atoms with Gasteiger partial charge in [0.15, 0.2) is 0 Å². The van der Waals surface area contributed by atoms with E-state index in [2.05, 4.69) is 26.6 Å². The van der Waals surface area contributed by atoms with Gasteiger partial charge in [0.2, 0.25) is 5.91 Å². The number of rotatable bonds is 7. The van der Waals surface area contributed by atoms with Gasteiger partial charge in [0.25, 0.3) is 5.91 Å². The molecule has 7 heteroatoms. The molecule has 2 N–H and O–H groups in total. The van der Waals surface area contributed by atoms with Crippen LogP contribution in [0.2, 0.25) is 5.02 Å². The van der Waals surface area contributed by atoms with Crippen molar-refractivity contribution in [1.82, 2.24) is 10.6 Å². The van der Waals surface area contributed by atoms with Gasteiger partial charge in [-0.1, -0.05) is 54.1 Å². The highest BCUT2D eigenvalue weighted by Crippen LogP contribution is 2.21. The van der Waals surface area contributed by atoms with Gasteiger partial charge in [-0.15, -0.1) is 11.3 Å². The fourth-order valence-corrected chi connectivity index (χ4v) is 4.32. The van der Waals surface area contributed by atoms with Crippen LogP contribution in [-0.2, 0) is 11.3 Å². The van der Waals surface area contributed by atoms with Crippen LogP contribution in [-0.4, -0.2) is 11.8 Å². The number of thiophene rings is 1.